The molecular weight excluding hydrogens is 446 g/mol. The smallest absolute Gasteiger partial charge is 0.240 e. The van der Waals surface area contributed by atoms with Crippen LogP contribution >= 0.6 is 0 Å². The first-order chi connectivity index (χ1) is 15.8. The van der Waals surface area contributed by atoms with Gasteiger partial charge in [-0.3, -0.25) is 14.5 Å². The molecule has 4 rings (SSSR count). The van der Waals surface area contributed by atoms with Gasteiger partial charge in [0, 0.05) is 57.8 Å². The van der Waals surface area contributed by atoms with Gasteiger partial charge >= 0.3 is 0 Å². The molecule has 11 heteroatoms. The molecule has 2 amide bonds. The summed E-state index contributed by atoms with van der Waals surface area (Å²) >= 11 is 0. The molecule has 3 aliphatic rings. The van der Waals surface area contributed by atoms with E-state index >= 15 is 0 Å². The molecule has 3 saturated heterocycles. The highest BCUT2D eigenvalue weighted by Gasteiger charge is 2.44. The number of nitrogens with one attached hydrogen (secondary N) is 2. The third kappa shape index (κ3) is 5.48. The first-order valence-corrected chi connectivity index (χ1v) is 12.9. The summed E-state index contributed by atoms with van der Waals surface area (Å²) in [7, 11) is -0.141. The number of rotatable bonds is 7. The van der Waals surface area contributed by atoms with Crippen molar-refractivity contribution in [1.82, 2.24) is 24.7 Å². The summed E-state index contributed by atoms with van der Waals surface area (Å²) in [5.74, 6) is 0.646. The molecule has 10 nitrogen and oxygen atoms in total. The normalized spacial score (nSPS) is 26.7. The number of carbonyl (C=O) groups excluding carboxylic acids is 2. The summed E-state index contributed by atoms with van der Waals surface area (Å²) in [5.41, 5.74) is 0. The maximum Gasteiger partial charge on any atom is 0.240 e. The van der Waals surface area contributed by atoms with E-state index in [0.29, 0.717) is 38.1 Å². The number of hydrogen-bond acceptors (Lipinski definition) is 7. The number of piperazine rings is 2. The zero-order valence-electron chi connectivity index (χ0n) is 19.2. The molecule has 182 valence electrons. The van der Waals surface area contributed by atoms with Crippen molar-refractivity contribution in [1.29, 1.82) is 0 Å². The number of likely N-dealkylation sites (N-methyl/N-ethyl adjacent to an activating group) is 1. The van der Waals surface area contributed by atoms with Crippen molar-refractivity contribution in [3.63, 3.8) is 0 Å². The Bertz CT molecular complexity index is 962. The summed E-state index contributed by atoms with van der Waals surface area (Å²) < 4.78 is 33.5. The first kappa shape index (κ1) is 23.9. The second-order valence-electron chi connectivity index (χ2n) is 9.06. The number of nitrogens with zero attached hydrogens (tertiary/aromatic N) is 3. The van der Waals surface area contributed by atoms with Gasteiger partial charge in [0.2, 0.25) is 21.8 Å². The van der Waals surface area contributed by atoms with Crippen LogP contribution in [0.15, 0.2) is 29.2 Å². The van der Waals surface area contributed by atoms with E-state index in [0.717, 1.165) is 26.2 Å². The number of hydrogen-bond donors (Lipinski definition) is 2. The van der Waals surface area contributed by atoms with Crippen molar-refractivity contribution in [2.24, 2.45) is 0 Å². The molecule has 0 bridgehead atoms. The van der Waals surface area contributed by atoms with E-state index in [1.54, 1.807) is 12.1 Å². The predicted octanol–water partition coefficient (Wildman–Crippen LogP) is -0.531. The summed E-state index contributed by atoms with van der Waals surface area (Å²) in [6, 6.07) is 5.47. The van der Waals surface area contributed by atoms with Crippen molar-refractivity contribution in [3.05, 3.63) is 24.3 Å². The highest BCUT2D eigenvalue weighted by atomic mass is 32.2. The van der Waals surface area contributed by atoms with Crippen molar-refractivity contribution >= 4 is 21.8 Å². The fourth-order valence-corrected chi connectivity index (χ4v) is 6.12. The van der Waals surface area contributed by atoms with Crippen molar-refractivity contribution in [2.75, 3.05) is 53.4 Å². The molecule has 2 N–H and O–H groups in total. The van der Waals surface area contributed by atoms with Crippen LogP contribution in [0.2, 0.25) is 0 Å². The molecule has 0 aliphatic carbocycles. The molecule has 3 aliphatic heterocycles. The lowest BCUT2D eigenvalue weighted by Crippen LogP contribution is -2.58. The average Bonchev–Trinajstić information content (AvgIpc) is 3.23. The molecule has 0 saturated carbocycles. The van der Waals surface area contributed by atoms with E-state index in [4.69, 9.17) is 4.74 Å². The Labute approximate surface area is 195 Å². The van der Waals surface area contributed by atoms with Gasteiger partial charge in [0.15, 0.2) is 0 Å². The number of fused-ring (bicyclic) bond motifs is 1. The Kier molecular flexibility index (Phi) is 7.22. The Morgan fingerprint density at radius 2 is 1.88 bits per heavy atom. The molecule has 3 unspecified atom stereocenters. The molecule has 0 radical (unpaired) electrons. The summed E-state index contributed by atoms with van der Waals surface area (Å²) in [4.78, 5) is 31.5. The van der Waals surface area contributed by atoms with Crippen LogP contribution in [-0.4, -0.2) is 106 Å². The van der Waals surface area contributed by atoms with E-state index in [-0.39, 0.29) is 34.8 Å². The van der Waals surface area contributed by atoms with Gasteiger partial charge in [0.25, 0.3) is 0 Å². The standard InChI is InChI=1S/C22H33N5O5S/c1-25-9-11-26(12-10-25)21(28)8-3-17-14-23-22(29)20-13-16(15-27(17)20)24-33(30,31)19-6-4-18(32-2)5-7-19/h4-7,16-17,20,24H,3,8-15H2,1-2H3,(H,23,29). The predicted molar refractivity (Wildman–Crippen MR) is 122 cm³/mol. The number of methoxy groups -OCH3 is 1. The zero-order chi connectivity index (χ0) is 23.6. The van der Waals surface area contributed by atoms with Gasteiger partial charge in [-0.15, -0.1) is 0 Å². The van der Waals surface area contributed by atoms with Gasteiger partial charge in [0.1, 0.15) is 5.75 Å². The third-order valence-electron chi connectivity index (χ3n) is 6.86. The van der Waals surface area contributed by atoms with Crippen molar-refractivity contribution in [3.8, 4) is 5.75 Å². The summed E-state index contributed by atoms with van der Waals surface area (Å²) in [6.07, 6.45) is 1.47. The highest BCUT2D eigenvalue weighted by Crippen LogP contribution is 2.27. The number of amides is 2. The van der Waals surface area contributed by atoms with E-state index in [1.165, 1.54) is 19.2 Å². The molecule has 1 aromatic rings. The minimum Gasteiger partial charge on any atom is -0.497 e. The second kappa shape index (κ2) is 9.96. The quantitative estimate of drug-likeness (QED) is 0.541. The Morgan fingerprint density at radius 1 is 1.18 bits per heavy atom. The summed E-state index contributed by atoms with van der Waals surface area (Å²) in [6.45, 7) is 4.19. The maximum atomic E-state index is 12.8. The Balaban J connectivity index is 1.35. The Morgan fingerprint density at radius 3 is 2.55 bits per heavy atom. The summed E-state index contributed by atoms with van der Waals surface area (Å²) in [5, 5.41) is 2.94. The molecule has 3 atom stereocenters. The second-order valence-corrected chi connectivity index (χ2v) is 10.8. The molecule has 1 aromatic carbocycles. The topological polar surface area (TPSA) is 111 Å². The number of benzene rings is 1. The Hall–Kier alpha value is -2.21. The van der Waals surface area contributed by atoms with Gasteiger partial charge in [-0.1, -0.05) is 0 Å². The highest BCUT2D eigenvalue weighted by molar-refractivity contribution is 7.89. The van der Waals surface area contributed by atoms with Crippen LogP contribution in [0, 0.1) is 0 Å². The van der Waals surface area contributed by atoms with Gasteiger partial charge in [-0.2, -0.15) is 0 Å². The minimum absolute atomic E-state index is 0.0135. The van der Waals surface area contributed by atoms with Crippen LogP contribution in [0.1, 0.15) is 19.3 Å². The largest absolute Gasteiger partial charge is 0.497 e. The average molecular weight is 480 g/mol. The fourth-order valence-electron chi connectivity index (χ4n) is 4.88. The first-order valence-electron chi connectivity index (χ1n) is 11.4. The van der Waals surface area contributed by atoms with E-state index in [2.05, 4.69) is 26.9 Å². The van der Waals surface area contributed by atoms with E-state index < -0.39 is 10.0 Å². The van der Waals surface area contributed by atoms with Crippen molar-refractivity contribution in [2.45, 2.75) is 42.3 Å². The number of sulfonamides is 1. The molecule has 33 heavy (non-hydrogen) atoms. The lowest BCUT2D eigenvalue weighted by Gasteiger charge is -2.38. The lowest BCUT2D eigenvalue weighted by atomic mass is 10.0. The van der Waals surface area contributed by atoms with Crippen LogP contribution in [-0.2, 0) is 19.6 Å². The van der Waals surface area contributed by atoms with E-state index in [1.807, 2.05) is 4.90 Å². The third-order valence-corrected chi connectivity index (χ3v) is 8.40. The zero-order valence-corrected chi connectivity index (χ0v) is 20.0. The van der Waals surface area contributed by atoms with Crippen LogP contribution in [0.5, 0.6) is 5.75 Å². The van der Waals surface area contributed by atoms with Crippen LogP contribution in [0.4, 0.5) is 0 Å². The monoisotopic (exact) mass is 479 g/mol. The maximum absolute atomic E-state index is 12.8. The fraction of sp³-hybridized carbons (Fsp3) is 0.636. The van der Waals surface area contributed by atoms with Crippen LogP contribution in [0.25, 0.3) is 0 Å². The van der Waals surface area contributed by atoms with Crippen LogP contribution < -0.4 is 14.8 Å². The van der Waals surface area contributed by atoms with Gasteiger partial charge in [0.05, 0.1) is 18.0 Å². The van der Waals surface area contributed by atoms with Gasteiger partial charge < -0.3 is 19.9 Å². The molecular formula is C22H33N5O5S. The molecule has 3 heterocycles. The molecule has 3 fully saturated rings. The lowest BCUT2D eigenvalue weighted by molar-refractivity contribution is -0.133. The number of ether oxygens (including phenoxy) is 1. The van der Waals surface area contributed by atoms with Gasteiger partial charge in [-0.05, 0) is 44.2 Å². The minimum atomic E-state index is -3.72. The van der Waals surface area contributed by atoms with Gasteiger partial charge in [-0.25, -0.2) is 13.1 Å². The van der Waals surface area contributed by atoms with E-state index in [9.17, 15) is 18.0 Å². The SMILES string of the molecule is COc1ccc(S(=O)(=O)NC2CC3C(=O)NCC(CCC(=O)N4CCN(C)CC4)N3C2)cc1. The molecule has 0 aromatic heterocycles. The number of carbonyl (C=O) groups is 2. The van der Waals surface area contributed by atoms with Crippen molar-refractivity contribution < 1.29 is 22.7 Å². The van der Waals surface area contributed by atoms with Crippen LogP contribution in [0.3, 0.4) is 0 Å². The molecule has 0 spiro atoms.